The summed E-state index contributed by atoms with van der Waals surface area (Å²) in [5, 5.41) is 10.3. The normalized spacial score (nSPS) is 12.2. The van der Waals surface area contributed by atoms with Crippen molar-refractivity contribution in [3.05, 3.63) is 59.2 Å². The molecule has 0 saturated heterocycles. The van der Waals surface area contributed by atoms with Crippen LogP contribution in [0.25, 0.3) is 0 Å². The molecular weight excluding hydrogens is 245 g/mol. The van der Waals surface area contributed by atoms with E-state index in [4.69, 9.17) is 4.74 Å². The molecule has 0 saturated carbocycles. The van der Waals surface area contributed by atoms with E-state index < -0.39 is 6.10 Å². The van der Waals surface area contributed by atoms with Gasteiger partial charge in [-0.1, -0.05) is 6.07 Å². The Hall–Kier alpha value is -1.94. The highest BCUT2D eigenvalue weighted by molar-refractivity contribution is 5.34. The van der Waals surface area contributed by atoms with Crippen molar-refractivity contribution in [1.82, 2.24) is 4.98 Å². The van der Waals surface area contributed by atoms with E-state index in [1.807, 2.05) is 6.92 Å². The van der Waals surface area contributed by atoms with Crippen molar-refractivity contribution >= 4 is 0 Å². The molecule has 0 radical (unpaired) electrons. The highest BCUT2D eigenvalue weighted by Crippen LogP contribution is 2.27. The van der Waals surface area contributed by atoms with E-state index in [1.54, 1.807) is 24.5 Å². The molecule has 2 aromatic rings. The Bertz CT molecular complexity index is 572. The first kappa shape index (κ1) is 13.5. The van der Waals surface area contributed by atoms with Crippen molar-refractivity contribution in [2.24, 2.45) is 0 Å². The summed E-state index contributed by atoms with van der Waals surface area (Å²) in [5.41, 5.74) is 2.42. The van der Waals surface area contributed by atoms with Crippen LogP contribution in [0.1, 0.15) is 22.8 Å². The number of hydrogen-bond acceptors (Lipinski definition) is 3. The van der Waals surface area contributed by atoms with Crippen LogP contribution in [-0.2, 0) is 6.42 Å². The lowest BCUT2D eigenvalue weighted by atomic mass is 9.98. The zero-order chi connectivity index (χ0) is 13.8. The molecule has 1 heterocycles. The molecule has 0 fully saturated rings. The van der Waals surface area contributed by atoms with E-state index in [0.717, 1.165) is 11.1 Å². The summed E-state index contributed by atoms with van der Waals surface area (Å²) in [6.07, 6.45) is 2.88. The minimum atomic E-state index is -0.706. The molecule has 0 bridgehead atoms. The predicted octanol–water partition coefficient (Wildman–Crippen LogP) is 2.81. The Morgan fingerprint density at radius 3 is 2.84 bits per heavy atom. The molecule has 0 amide bonds. The van der Waals surface area contributed by atoms with E-state index in [9.17, 15) is 9.50 Å². The van der Waals surface area contributed by atoms with Crippen LogP contribution in [0.3, 0.4) is 0 Å². The number of nitrogens with zero attached hydrogens (tertiary/aromatic N) is 1. The summed E-state index contributed by atoms with van der Waals surface area (Å²) < 4.78 is 18.2. The number of methoxy groups -OCH3 is 1. The van der Waals surface area contributed by atoms with E-state index in [-0.39, 0.29) is 5.82 Å². The summed E-state index contributed by atoms with van der Waals surface area (Å²) in [5.74, 6) is 0.284. The third-order valence-corrected chi connectivity index (χ3v) is 3.11. The Labute approximate surface area is 111 Å². The van der Waals surface area contributed by atoms with Crippen molar-refractivity contribution in [3.63, 3.8) is 0 Å². The van der Waals surface area contributed by atoms with Gasteiger partial charge in [-0.2, -0.15) is 0 Å². The van der Waals surface area contributed by atoms with Crippen LogP contribution >= 0.6 is 0 Å². The number of aliphatic hydroxyl groups excluding tert-OH is 1. The SMILES string of the molecule is COc1cnccc1C(O)Cc1ccc(F)cc1C. The zero-order valence-corrected chi connectivity index (χ0v) is 10.9. The number of aryl methyl sites for hydroxylation is 1. The number of rotatable bonds is 4. The van der Waals surface area contributed by atoms with Crippen LogP contribution in [0.2, 0.25) is 0 Å². The van der Waals surface area contributed by atoms with Gasteiger partial charge in [-0.3, -0.25) is 4.98 Å². The number of pyridine rings is 1. The summed E-state index contributed by atoms with van der Waals surface area (Å²) in [7, 11) is 1.54. The molecule has 1 atom stereocenters. The van der Waals surface area contributed by atoms with E-state index in [0.29, 0.717) is 17.7 Å². The minimum Gasteiger partial charge on any atom is -0.495 e. The highest BCUT2D eigenvalue weighted by atomic mass is 19.1. The number of aliphatic hydroxyl groups is 1. The van der Waals surface area contributed by atoms with Gasteiger partial charge in [0.2, 0.25) is 0 Å². The summed E-state index contributed by atoms with van der Waals surface area (Å²) in [6.45, 7) is 1.83. The monoisotopic (exact) mass is 261 g/mol. The van der Waals surface area contributed by atoms with E-state index in [1.165, 1.54) is 19.2 Å². The van der Waals surface area contributed by atoms with Crippen LogP contribution in [0.15, 0.2) is 36.7 Å². The Kier molecular flexibility index (Phi) is 4.12. The van der Waals surface area contributed by atoms with Crippen LogP contribution in [0, 0.1) is 12.7 Å². The van der Waals surface area contributed by atoms with Crippen LogP contribution in [-0.4, -0.2) is 17.2 Å². The standard InChI is InChI=1S/C15H16FNO2/c1-10-7-12(16)4-3-11(10)8-14(18)13-5-6-17-9-15(13)19-2/h3-7,9,14,18H,8H2,1-2H3. The molecule has 1 aromatic carbocycles. The van der Waals surface area contributed by atoms with Crippen molar-refractivity contribution in [3.8, 4) is 5.75 Å². The average Bonchev–Trinajstić information content (AvgIpc) is 2.41. The molecule has 0 spiro atoms. The summed E-state index contributed by atoms with van der Waals surface area (Å²) in [6, 6.07) is 6.29. The molecule has 3 nitrogen and oxygen atoms in total. The third kappa shape index (κ3) is 3.09. The van der Waals surface area contributed by atoms with Gasteiger partial charge in [0, 0.05) is 18.2 Å². The van der Waals surface area contributed by atoms with Gasteiger partial charge in [-0.05, 0) is 36.2 Å². The Balaban J connectivity index is 2.23. The molecule has 1 aromatic heterocycles. The van der Waals surface area contributed by atoms with Crippen LogP contribution < -0.4 is 4.74 Å². The van der Waals surface area contributed by atoms with Gasteiger partial charge in [0.15, 0.2) is 0 Å². The van der Waals surface area contributed by atoms with Crippen molar-refractivity contribution in [1.29, 1.82) is 0 Å². The molecular formula is C15H16FNO2. The van der Waals surface area contributed by atoms with Crippen molar-refractivity contribution in [2.75, 3.05) is 7.11 Å². The Morgan fingerprint density at radius 2 is 2.16 bits per heavy atom. The molecule has 0 aliphatic carbocycles. The minimum absolute atomic E-state index is 0.266. The maximum Gasteiger partial charge on any atom is 0.142 e. The van der Waals surface area contributed by atoms with Crippen molar-refractivity contribution in [2.45, 2.75) is 19.4 Å². The largest absolute Gasteiger partial charge is 0.495 e. The van der Waals surface area contributed by atoms with Gasteiger partial charge < -0.3 is 9.84 Å². The molecule has 1 N–H and O–H groups in total. The molecule has 19 heavy (non-hydrogen) atoms. The quantitative estimate of drug-likeness (QED) is 0.920. The lowest BCUT2D eigenvalue weighted by Gasteiger charge is -2.15. The highest BCUT2D eigenvalue weighted by Gasteiger charge is 2.15. The zero-order valence-electron chi connectivity index (χ0n) is 10.9. The first-order valence-corrected chi connectivity index (χ1v) is 6.03. The van der Waals surface area contributed by atoms with Crippen LogP contribution in [0.4, 0.5) is 4.39 Å². The topological polar surface area (TPSA) is 42.4 Å². The number of hydrogen-bond donors (Lipinski definition) is 1. The fourth-order valence-corrected chi connectivity index (χ4v) is 2.04. The smallest absolute Gasteiger partial charge is 0.142 e. The fraction of sp³-hybridized carbons (Fsp3) is 0.267. The number of halogens is 1. The van der Waals surface area contributed by atoms with Crippen LogP contribution in [0.5, 0.6) is 5.75 Å². The number of ether oxygens (including phenoxy) is 1. The van der Waals surface area contributed by atoms with E-state index >= 15 is 0 Å². The molecule has 0 aliphatic heterocycles. The lowest BCUT2D eigenvalue weighted by molar-refractivity contribution is 0.173. The lowest BCUT2D eigenvalue weighted by Crippen LogP contribution is -2.05. The maximum absolute atomic E-state index is 13.0. The van der Waals surface area contributed by atoms with Gasteiger partial charge in [0.1, 0.15) is 11.6 Å². The maximum atomic E-state index is 13.0. The third-order valence-electron chi connectivity index (χ3n) is 3.11. The van der Waals surface area contributed by atoms with Gasteiger partial charge in [0.05, 0.1) is 19.4 Å². The second-order valence-corrected chi connectivity index (χ2v) is 4.41. The first-order valence-electron chi connectivity index (χ1n) is 6.03. The summed E-state index contributed by atoms with van der Waals surface area (Å²) >= 11 is 0. The molecule has 1 unspecified atom stereocenters. The summed E-state index contributed by atoms with van der Waals surface area (Å²) in [4.78, 5) is 3.95. The Morgan fingerprint density at radius 1 is 1.37 bits per heavy atom. The number of aromatic nitrogens is 1. The van der Waals surface area contributed by atoms with Gasteiger partial charge in [0.25, 0.3) is 0 Å². The fourth-order valence-electron chi connectivity index (χ4n) is 2.04. The molecule has 4 heteroatoms. The van der Waals surface area contributed by atoms with Gasteiger partial charge in [-0.25, -0.2) is 4.39 Å². The second-order valence-electron chi connectivity index (χ2n) is 4.41. The van der Waals surface area contributed by atoms with Gasteiger partial charge in [-0.15, -0.1) is 0 Å². The van der Waals surface area contributed by atoms with Gasteiger partial charge >= 0.3 is 0 Å². The predicted molar refractivity (Wildman–Crippen MR) is 70.6 cm³/mol. The van der Waals surface area contributed by atoms with Crippen molar-refractivity contribution < 1.29 is 14.2 Å². The second kappa shape index (κ2) is 5.80. The molecule has 2 rings (SSSR count). The van der Waals surface area contributed by atoms with E-state index in [2.05, 4.69) is 4.98 Å². The first-order chi connectivity index (χ1) is 9.11. The average molecular weight is 261 g/mol. The molecule has 100 valence electrons. The molecule has 0 aliphatic rings. The number of benzene rings is 1.